The molecular formula is C25H30N2O4. The van der Waals surface area contributed by atoms with Crippen LogP contribution in [0, 0.1) is 0 Å². The number of carbonyl (C=O) groups is 2. The van der Waals surface area contributed by atoms with Gasteiger partial charge in [0.15, 0.2) is 0 Å². The zero-order chi connectivity index (χ0) is 21.8. The molecule has 1 N–H and O–H groups in total. The van der Waals surface area contributed by atoms with Gasteiger partial charge >= 0.3 is 0 Å². The lowest BCUT2D eigenvalue weighted by Crippen LogP contribution is -2.61. The fraction of sp³-hybridized carbons (Fsp3) is 0.440. The van der Waals surface area contributed by atoms with E-state index < -0.39 is 11.5 Å². The lowest BCUT2D eigenvalue weighted by molar-refractivity contribution is -0.126. The Labute approximate surface area is 183 Å². The largest absolute Gasteiger partial charge is 0.496 e. The van der Waals surface area contributed by atoms with E-state index >= 15 is 0 Å². The van der Waals surface area contributed by atoms with Gasteiger partial charge in [0.25, 0.3) is 5.91 Å². The van der Waals surface area contributed by atoms with Gasteiger partial charge in [0.05, 0.1) is 25.2 Å². The highest BCUT2D eigenvalue weighted by Gasteiger charge is 2.55. The number of hydrogen-bond donors (Lipinski definition) is 1. The fourth-order valence-corrected chi connectivity index (χ4v) is 5.31. The van der Waals surface area contributed by atoms with E-state index in [4.69, 9.17) is 9.47 Å². The van der Waals surface area contributed by atoms with E-state index in [-0.39, 0.29) is 11.8 Å². The minimum absolute atomic E-state index is 0.00308. The number of ether oxygens (including phenoxy) is 2. The Morgan fingerprint density at radius 2 is 1.81 bits per heavy atom. The van der Waals surface area contributed by atoms with Crippen LogP contribution in [0.25, 0.3) is 0 Å². The summed E-state index contributed by atoms with van der Waals surface area (Å²) in [5.74, 6) is 0.299. The molecule has 0 saturated heterocycles. The summed E-state index contributed by atoms with van der Waals surface area (Å²) >= 11 is 0. The molecule has 164 valence electrons. The summed E-state index contributed by atoms with van der Waals surface area (Å²) in [4.78, 5) is 29.1. The van der Waals surface area contributed by atoms with Crippen LogP contribution in [0.5, 0.6) is 5.75 Å². The predicted molar refractivity (Wildman–Crippen MR) is 118 cm³/mol. The monoisotopic (exact) mass is 422 g/mol. The molecule has 6 heteroatoms. The Bertz CT molecular complexity index is 952. The molecular weight excluding hydrogens is 392 g/mol. The molecule has 4 rings (SSSR count). The number of rotatable bonds is 7. The van der Waals surface area contributed by atoms with E-state index in [0.717, 1.165) is 42.6 Å². The summed E-state index contributed by atoms with van der Waals surface area (Å²) in [6.45, 7) is 1.31. The van der Waals surface area contributed by atoms with Crippen LogP contribution in [0.2, 0.25) is 0 Å². The van der Waals surface area contributed by atoms with Gasteiger partial charge in [0, 0.05) is 31.3 Å². The summed E-state index contributed by atoms with van der Waals surface area (Å²) in [5, 5.41) is 3.14. The van der Waals surface area contributed by atoms with E-state index in [0.29, 0.717) is 25.3 Å². The normalized spacial score (nSPS) is 19.4. The zero-order valence-electron chi connectivity index (χ0n) is 18.2. The third kappa shape index (κ3) is 3.81. The minimum atomic E-state index is -0.505. The lowest BCUT2D eigenvalue weighted by Gasteiger charge is -2.50. The number of nitrogens with zero attached hydrogens (tertiary/aromatic N) is 1. The van der Waals surface area contributed by atoms with E-state index in [1.807, 2.05) is 53.4 Å². The van der Waals surface area contributed by atoms with Crippen molar-refractivity contribution in [2.75, 3.05) is 27.4 Å². The first kappa shape index (κ1) is 21.4. The van der Waals surface area contributed by atoms with Gasteiger partial charge in [-0.1, -0.05) is 49.2 Å². The molecule has 0 aromatic heterocycles. The van der Waals surface area contributed by atoms with Crippen molar-refractivity contribution in [1.29, 1.82) is 0 Å². The van der Waals surface area contributed by atoms with Crippen molar-refractivity contribution in [1.82, 2.24) is 10.2 Å². The average Bonchev–Trinajstić information content (AvgIpc) is 3.27. The van der Waals surface area contributed by atoms with Gasteiger partial charge in [-0.2, -0.15) is 0 Å². The van der Waals surface area contributed by atoms with Crippen molar-refractivity contribution in [3.05, 3.63) is 65.2 Å². The van der Waals surface area contributed by atoms with Crippen LogP contribution in [0.15, 0.2) is 48.5 Å². The minimum Gasteiger partial charge on any atom is -0.496 e. The molecule has 1 aliphatic carbocycles. The number of hydrogen-bond acceptors (Lipinski definition) is 4. The number of methoxy groups -OCH3 is 2. The molecule has 31 heavy (non-hydrogen) atoms. The number of amides is 2. The molecule has 6 nitrogen and oxygen atoms in total. The van der Waals surface area contributed by atoms with Crippen LogP contribution in [-0.4, -0.2) is 49.6 Å². The number of para-hydroxylation sites is 1. The highest BCUT2D eigenvalue weighted by molar-refractivity contribution is 6.02. The molecule has 1 saturated carbocycles. The molecule has 1 spiro atoms. The van der Waals surface area contributed by atoms with Gasteiger partial charge in [-0.15, -0.1) is 0 Å². The first-order chi connectivity index (χ1) is 15.1. The highest BCUT2D eigenvalue weighted by Crippen LogP contribution is 2.50. The molecule has 0 radical (unpaired) electrons. The third-order valence-electron chi connectivity index (χ3n) is 6.72. The maximum atomic E-state index is 13.7. The van der Waals surface area contributed by atoms with Crippen molar-refractivity contribution in [2.24, 2.45) is 0 Å². The molecule has 1 atom stereocenters. The number of carbonyl (C=O) groups excluding carboxylic acids is 2. The van der Waals surface area contributed by atoms with Crippen molar-refractivity contribution >= 4 is 11.8 Å². The number of nitrogens with one attached hydrogen (secondary N) is 1. The Kier molecular flexibility index (Phi) is 6.28. The van der Waals surface area contributed by atoms with Crippen molar-refractivity contribution in [3.63, 3.8) is 0 Å². The molecule has 1 fully saturated rings. The first-order valence-electron chi connectivity index (χ1n) is 10.9. The third-order valence-corrected chi connectivity index (χ3v) is 6.72. The lowest BCUT2D eigenvalue weighted by atomic mass is 9.71. The molecule has 0 bridgehead atoms. The van der Waals surface area contributed by atoms with Crippen LogP contribution in [0.1, 0.15) is 53.1 Å². The summed E-state index contributed by atoms with van der Waals surface area (Å²) in [6.07, 6.45) is 3.66. The smallest absolute Gasteiger partial charge is 0.254 e. The molecule has 1 heterocycles. The fourth-order valence-electron chi connectivity index (χ4n) is 5.31. The van der Waals surface area contributed by atoms with Crippen LogP contribution in [-0.2, 0) is 16.1 Å². The second-order valence-electron chi connectivity index (χ2n) is 8.31. The van der Waals surface area contributed by atoms with Gasteiger partial charge in [-0.25, -0.2) is 0 Å². The second-order valence-corrected chi connectivity index (χ2v) is 8.31. The van der Waals surface area contributed by atoms with Crippen LogP contribution in [0.4, 0.5) is 0 Å². The Morgan fingerprint density at radius 3 is 2.55 bits per heavy atom. The quantitative estimate of drug-likeness (QED) is 0.742. The molecule has 0 unspecified atom stereocenters. The van der Waals surface area contributed by atoms with Gasteiger partial charge < -0.3 is 19.7 Å². The van der Waals surface area contributed by atoms with E-state index in [2.05, 4.69) is 5.32 Å². The van der Waals surface area contributed by atoms with Gasteiger partial charge in [-0.05, 0) is 30.5 Å². The van der Waals surface area contributed by atoms with Gasteiger partial charge in [0.2, 0.25) is 5.91 Å². The van der Waals surface area contributed by atoms with Crippen molar-refractivity contribution in [2.45, 2.75) is 43.7 Å². The Morgan fingerprint density at radius 1 is 1.10 bits per heavy atom. The summed E-state index contributed by atoms with van der Waals surface area (Å²) < 4.78 is 10.7. The maximum absolute atomic E-state index is 13.7. The van der Waals surface area contributed by atoms with Crippen molar-refractivity contribution < 1.29 is 19.1 Å². The highest BCUT2D eigenvalue weighted by atomic mass is 16.5. The maximum Gasteiger partial charge on any atom is 0.254 e. The molecule has 1 aliphatic heterocycles. The van der Waals surface area contributed by atoms with Gasteiger partial charge in [-0.3, -0.25) is 9.59 Å². The number of fused-ring (bicyclic) bond motifs is 1. The molecule has 2 aromatic rings. The first-order valence-corrected chi connectivity index (χ1v) is 10.9. The predicted octanol–water partition coefficient (Wildman–Crippen LogP) is 3.51. The SMILES string of the molecule is COCCN1C(=O)c2ccccc2[C@@H](C(=O)NCc2ccccc2OC)C12CCCC2. The van der Waals surface area contributed by atoms with Crippen molar-refractivity contribution in [3.8, 4) is 5.75 Å². The van der Waals surface area contributed by atoms with Crippen LogP contribution < -0.4 is 10.1 Å². The zero-order valence-corrected chi connectivity index (χ0v) is 18.2. The Hall–Kier alpha value is -2.86. The van der Waals surface area contributed by atoms with Crippen LogP contribution >= 0.6 is 0 Å². The standard InChI is InChI=1S/C25H30N2O4/c1-30-16-15-27-24(29)20-11-5-4-10-19(20)22(25(27)13-7-8-14-25)23(28)26-17-18-9-3-6-12-21(18)31-2/h3-6,9-12,22H,7-8,13-17H2,1-2H3,(H,26,28)/t22-/m0/s1. The van der Waals surface area contributed by atoms with E-state index in [1.165, 1.54) is 0 Å². The van der Waals surface area contributed by atoms with Crippen LogP contribution in [0.3, 0.4) is 0 Å². The van der Waals surface area contributed by atoms with E-state index in [1.54, 1.807) is 14.2 Å². The Balaban J connectivity index is 1.70. The number of benzene rings is 2. The average molecular weight is 423 g/mol. The molecule has 2 amide bonds. The van der Waals surface area contributed by atoms with E-state index in [9.17, 15) is 9.59 Å². The summed E-state index contributed by atoms with van der Waals surface area (Å²) in [5.41, 5.74) is 1.87. The molecule has 2 aromatic carbocycles. The summed E-state index contributed by atoms with van der Waals surface area (Å²) in [7, 11) is 3.27. The summed E-state index contributed by atoms with van der Waals surface area (Å²) in [6, 6.07) is 15.2. The van der Waals surface area contributed by atoms with Gasteiger partial charge in [0.1, 0.15) is 5.75 Å². The topological polar surface area (TPSA) is 67.9 Å². The second kappa shape index (κ2) is 9.10. The molecule has 2 aliphatic rings.